The van der Waals surface area contributed by atoms with Gasteiger partial charge in [-0.25, -0.2) is 14.7 Å². The van der Waals surface area contributed by atoms with E-state index in [1.54, 1.807) is 18.6 Å². The van der Waals surface area contributed by atoms with Gasteiger partial charge in [0, 0.05) is 12.4 Å². The largest absolute Gasteiger partial charge is 0.259 e. The van der Waals surface area contributed by atoms with Crippen LogP contribution in [0.1, 0.15) is 13.8 Å². The van der Waals surface area contributed by atoms with Crippen molar-refractivity contribution in [2.75, 3.05) is 18.4 Å². The van der Waals surface area contributed by atoms with Crippen molar-refractivity contribution in [1.29, 1.82) is 0 Å². The van der Waals surface area contributed by atoms with E-state index in [1.807, 2.05) is 13.8 Å². The first-order valence-corrected chi connectivity index (χ1v) is 4.20. The summed E-state index contributed by atoms with van der Waals surface area (Å²) < 4.78 is 0. The van der Waals surface area contributed by atoms with Gasteiger partial charge >= 0.3 is 0 Å². The van der Waals surface area contributed by atoms with Crippen molar-refractivity contribution >= 4 is 5.82 Å². The highest BCUT2D eigenvalue weighted by molar-refractivity contribution is 5.27. The smallest absolute Gasteiger partial charge is 0.201 e. The third-order valence-corrected chi connectivity index (χ3v) is 1.23. The summed E-state index contributed by atoms with van der Waals surface area (Å²) in [6.45, 7) is 4.80. The van der Waals surface area contributed by atoms with Gasteiger partial charge in [-0.3, -0.25) is 4.98 Å². The van der Waals surface area contributed by atoms with Crippen LogP contribution in [-0.4, -0.2) is 23.2 Å². The fourth-order valence-electron chi connectivity index (χ4n) is 0.790. The lowest BCUT2D eigenvalue weighted by Gasteiger charge is -2.18. The van der Waals surface area contributed by atoms with E-state index in [0.717, 1.165) is 0 Å². The van der Waals surface area contributed by atoms with Crippen molar-refractivity contribution in [3.05, 3.63) is 18.6 Å². The molecule has 0 saturated heterocycles. The third kappa shape index (κ3) is 2.96. The van der Waals surface area contributed by atoms with Crippen molar-refractivity contribution in [3.8, 4) is 0 Å². The van der Waals surface area contributed by atoms with Crippen molar-refractivity contribution in [1.82, 2.24) is 9.97 Å². The minimum atomic E-state index is 0.524. The lowest BCUT2D eigenvalue weighted by atomic mass is 10.7. The highest BCUT2D eigenvalue weighted by Crippen LogP contribution is 2.08. The fourth-order valence-corrected chi connectivity index (χ4v) is 0.790. The Morgan fingerprint density at radius 3 is 2.38 bits per heavy atom. The lowest BCUT2D eigenvalue weighted by molar-refractivity contribution is -0.0834. The summed E-state index contributed by atoms with van der Waals surface area (Å²) in [6.07, 6.45) is 4.76. The number of hydrogen-bond donors (Lipinski definition) is 0. The van der Waals surface area contributed by atoms with Crippen LogP contribution < -0.4 is 5.23 Å². The number of nitrogens with zero attached hydrogens (tertiary/aromatic N) is 3. The zero-order valence-corrected chi connectivity index (χ0v) is 7.80. The monoisotopic (exact) mass is 183 g/mol. The predicted molar refractivity (Wildman–Crippen MR) is 47.8 cm³/mol. The molecule has 1 aromatic rings. The number of rotatable bonds is 5. The van der Waals surface area contributed by atoms with Crippen molar-refractivity contribution in [2.45, 2.75) is 13.8 Å². The Balaban J connectivity index is 2.64. The average molecular weight is 183 g/mol. The van der Waals surface area contributed by atoms with E-state index in [1.165, 1.54) is 5.23 Å². The summed E-state index contributed by atoms with van der Waals surface area (Å²) in [5.41, 5.74) is 0. The first kappa shape index (κ1) is 9.88. The second kappa shape index (κ2) is 5.45. The van der Waals surface area contributed by atoms with Crippen LogP contribution in [0.3, 0.4) is 0 Å². The molecular formula is C8H13N3O2. The van der Waals surface area contributed by atoms with Crippen LogP contribution in [0.2, 0.25) is 0 Å². The number of aromatic nitrogens is 2. The third-order valence-electron chi connectivity index (χ3n) is 1.23. The Bertz CT molecular complexity index is 224. The Labute approximate surface area is 77.2 Å². The summed E-state index contributed by atoms with van der Waals surface area (Å²) in [6, 6.07) is 0. The summed E-state index contributed by atoms with van der Waals surface area (Å²) in [4.78, 5) is 18.3. The van der Waals surface area contributed by atoms with Gasteiger partial charge in [0.15, 0.2) is 0 Å². The molecule has 1 aromatic heterocycles. The maximum Gasteiger partial charge on any atom is 0.201 e. The predicted octanol–water partition coefficient (Wildman–Crippen LogP) is 1.19. The molecule has 0 aliphatic heterocycles. The van der Waals surface area contributed by atoms with Crippen LogP contribution in [0.25, 0.3) is 0 Å². The van der Waals surface area contributed by atoms with Crippen LogP contribution in [0.15, 0.2) is 18.6 Å². The average Bonchev–Trinajstić information content (AvgIpc) is 2.19. The van der Waals surface area contributed by atoms with Crippen LogP contribution in [-0.2, 0) is 9.68 Å². The number of hydrogen-bond acceptors (Lipinski definition) is 5. The van der Waals surface area contributed by atoms with Gasteiger partial charge in [-0.2, -0.15) is 0 Å². The Hall–Kier alpha value is -1.20. The van der Waals surface area contributed by atoms with Crippen LogP contribution in [0.5, 0.6) is 0 Å². The molecule has 0 aliphatic rings. The quantitative estimate of drug-likeness (QED) is 0.641. The van der Waals surface area contributed by atoms with E-state index >= 15 is 0 Å². The molecule has 0 aliphatic carbocycles. The second-order valence-corrected chi connectivity index (χ2v) is 2.16. The molecule has 1 heterocycles. The molecule has 0 saturated carbocycles. The van der Waals surface area contributed by atoms with E-state index < -0.39 is 0 Å². The Morgan fingerprint density at radius 2 is 1.92 bits per heavy atom. The molecule has 0 bridgehead atoms. The van der Waals surface area contributed by atoms with Gasteiger partial charge in [-0.15, -0.1) is 5.23 Å². The summed E-state index contributed by atoms with van der Waals surface area (Å²) in [7, 11) is 0. The van der Waals surface area contributed by atoms with Crippen molar-refractivity contribution < 1.29 is 9.68 Å². The van der Waals surface area contributed by atoms with Crippen molar-refractivity contribution in [3.63, 3.8) is 0 Å². The normalized spacial score (nSPS) is 10.0. The SMILES string of the molecule is CCON(OCC)c1cnccn1. The Morgan fingerprint density at radius 1 is 1.23 bits per heavy atom. The lowest BCUT2D eigenvalue weighted by Crippen LogP contribution is -2.24. The van der Waals surface area contributed by atoms with E-state index in [0.29, 0.717) is 19.0 Å². The van der Waals surface area contributed by atoms with Gasteiger partial charge in [0.2, 0.25) is 5.82 Å². The molecule has 0 unspecified atom stereocenters. The van der Waals surface area contributed by atoms with Crippen LogP contribution in [0.4, 0.5) is 5.82 Å². The molecular weight excluding hydrogens is 170 g/mol. The molecule has 13 heavy (non-hydrogen) atoms. The van der Waals surface area contributed by atoms with Gasteiger partial charge in [-0.1, -0.05) is 0 Å². The van der Waals surface area contributed by atoms with Gasteiger partial charge in [-0.05, 0) is 13.8 Å². The molecule has 72 valence electrons. The maximum atomic E-state index is 5.18. The zero-order chi connectivity index (χ0) is 9.52. The maximum absolute atomic E-state index is 5.18. The van der Waals surface area contributed by atoms with E-state index in [-0.39, 0.29) is 0 Å². The topological polar surface area (TPSA) is 47.5 Å². The van der Waals surface area contributed by atoms with Crippen molar-refractivity contribution in [2.24, 2.45) is 0 Å². The molecule has 0 aromatic carbocycles. The molecule has 1 rings (SSSR count). The van der Waals surface area contributed by atoms with E-state index in [2.05, 4.69) is 9.97 Å². The minimum absolute atomic E-state index is 0.524. The molecule has 0 amide bonds. The molecule has 0 spiro atoms. The molecule has 0 N–H and O–H groups in total. The van der Waals surface area contributed by atoms with E-state index in [4.69, 9.17) is 9.68 Å². The van der Waals surface area contributed by atoms with E-state index in [9.17, 15) is 0 Å². The summed E-state index contributed by atoms with van der Waals surface area (Å²) >= 11 is 0. The highest BCUT2D eigenvalue weighted by Gasteiger charge is 2.06. The molecule has 5 nitrogen and oxygen atoms in total. The van der Waals surface area contributed by atoms with Gasteiger partial charge in [0.05, 0.1) is 19.4 Å². The minimum Gasteiger partial charge on any atom is -0.259 e. The number of anilines is 1. The zero-order valence-electron chi connectivity index (χ0n) is 7.80. The van der Waals surface area contributed by atoms with Gasteiger partial charge in [0.1, 0.15) is 0 Å². The molecule has 0 radical (unpaired) electrons. The van der Waals surface area contributed by atoms with Crippen LogP contribution in [0, 0.1) is 0 Å². The first-order valence-electron chi connectivity index (χ1n) is 4.20. The molecule has 5 heteroatoms. The summed E-state index contributed by atoms with van der Waals surface area (Å²) in [5.74, 6) is 0.547. The van der Waals surface area contributed by atoms with Crippen LogP contribution >= 0.6 is 0 Å². The van der Waals surface area contributed by atoms with Gasteiger partial charge in [0.25, 0.3) is 0 Å². The molecule has 0 atom stereocenters. The standard InChI is InChI=1S/C8H13N3O2/c1-3-12-11(13-4-2)8-7-9-5-6-10-8/h5-7H,3-4H2,1-2H3. The summed E-state index contributed by atoms with van der Waals surface area (Å²) in [5, 5.41) is 1.27. The Kier molecular flexibility index (Phi) is 4.14. The van der Waals surface area contributed by atoms with Gasteiger partial charge < -0.3 is 0 Å². The molecule has 0 fully saturated rings. The second-order valence-electron chi connectivity index (χ2n) is 2.16. The fraction of sp³-hybridized carbons (Fsp3) is 0.500. The first-order chi connectivity index (χ1) is 6.38. The highest BCUT2D eigenvalue weighted by atomic mass is 16.9.